The molecule has 42 heavy (non-hydrogen) atoms. The number of rotatable bonds is 12. The molecule has 24 nitrogen and oxygen atoms in total. The topological polar surface area (TPSA) is 319 Å². The number of hydrogen-bond acceptors (Lipinski definition) is 19. The molecular formula is C18H12N12O12. The highest BCUT2D eigenvalue weighted by molar-refractivity contribution is 5.33. The summed E-state index contributed by atoms with van der Waals surface area (Å²) in [7, 11) is 0. The molecule has 0 aliphatic heterocycles. The van der Waals surface area contributed by atoms with Gasteiger partial charge in [0.2, 0.25) is 24.3 Å². The van der Waals surface area contributed by atoms with Crippen LogP contribution >= 0.6 is 0 Å². The first-order chi connectivity index (χ1) is 20.2. The van der Waals surface area contributed by atoms with Crippen molar-refractivity contribution in [1.82, 2.24) is 22.8 Å². The van der Waals surface area contributed by atoms with Crippen molar-refractivity contribution in [3.63, 3.8) is 0 Å². The van der Waals surface area contributed by atoms with E-state index < -0.39 is 74.3 Å². The lowest BCUT2D eigenvalue weighted by molar-refractivity contribution is 0.158. The maximum absolute atomic E-state index is 12.0. The Bertz CT molecular complexity index is 1890. The van der Waals surface area contributed by atoms with E-state index in [1.54, 1.807) is 0 Å². The van der Waals surface area contributed by atoms with Gasteiger partial charge in [0.15, 0.2) is 13.5 Å². The van der Waals surface area contributed by atoms with Crippen LogP contribution in [0.15, 0.2) is 53.4 Å². The van der Waals surface area contributed by atoms with Crippen molar-refractivity contribution in [2.45, 2.75) is 33.5 Å². The number of carbonyl (C=O) groups excluding carboxylic acids is 4. The highest BCUT2D eigenvalue weighted by atomic mass is 16.5. The van der Waals surface area contributed by atoms with Gasteiger partial charge in [0.25, 0.3) is 12.5 Å². The summed E-state index contributed by atoms with van der Waals surface area (Å²) in [4.78, 5) is 115. The number of nitrogens with zero attached hydrogens (tertiary/aromatic N) is 12. The Labute approximate surface area is 227 Å². The minimum absolute atomic E-state index is 0.394. The molecule has 0 N–H and O–H groups in total. The molecule has 0 fully saturated rings. The standard InChI is InChI=1S/2C9H6N6O6/c10-1-20-6-15-8(18)14(3-12-5-17)7(21-9(15)19)13-2-11-4-16;10-1-21-6-15-8(19)13(2-11-4-16)7(18)14(9(15)20)3-12-5-17/h2*2-3,6H2. The van der Waals surface area contributed by atoms with E-state index in [-0.39, 0.29) is 0 Å². The molecule has 24 heteroatoms. The van der Waals surface area contributed by atoms with Crippen molar-refractivity contribution in [2.24, 2.45) is 25.0 Å². The molecule has 2 heterocycles. The van der Waals surface area contributed by atoms with E-state index in [2.05, 4.69) is 34.4 Å². The Kier molecular flexibility index (Phi) is 13.7. The SMILES string of the molecule is N#COCn1c(=O)n(CN=C=O)c(=O)n(CN=C=O)c1=O.N#COCn1c(=O)oc(=NCN=C=O)n(CN=C=O)c1=O. The van der Waals surface area contributed by atoms with Gasteiger partial charge < -0.3 is 13.9 Å². The number of aromatic nitrogens is 5. The zero-order valence-corrected chi connectivity index (χ0v) is 20.5. The van der Waals surface area contributed by atoms with Gasteiger partial charge in [0.05, 0.1) is 0 Å². The lowest BCUT2D eigenvalue weighted by Gasteiger charge is -2.09. The molecule has 0 saturated carbocycles. The van der Waals surface area contributed by atoms with Gasteiger partial charge in [-0.2, -0.15) is 35.1 Å². The lowest BCUT2D eigenvalue weighted by Crippen LogP contribution is -2.54. The van der Waals surface area contributed by atoms with Gasteiger partial charge in [-0.05, 0) is 0 Å². The van der Waals surface area contributed by atoms with Crippen LogP contribution in [0.1, 0.15) is 0 Å². The average Bonchev–Trinajstić information content (AvgIpc) is 2.97. The largest absolute Gasteiger partial charge is 0.428 e. The summed E-state index contributed by atoms with van der Waals surface area (Å²) in [6.45, 7) is -3.82. The molecule has 2 aromatic heterocycles. The monoisotopic (exact) mass is 588 g/mol. The van der Waals surface area contributed by atoms with Crippen molar-refractivity contribution in [2.75, 3.05) is 6.67 Å². The Hall–Kier alpha value is -7.08. The van der Waals surface area contributed by atoms with Crippen molar-refractivity contribution < 1.29 is 33.1 Å². The quantitative estimate of drug-likeness (QED) is 0.127. The molecule has 0 aliphatic rings. The van der Waals surface area contributed by atoms with E-state index in [0.717, 1.165) is 12.2 Å². The highest BCUT2D eigenvalue weighted by Crippen LogP contribution is 1.81. The van der Waals surface area contributed by atoms with E-state index in [0.29, 0.717) is 22.8 Å². The third-order valence-electron chi connectivity index (χ3n) is 4.16. The Morgan fingerprint density at radius 1 is 0.595 bits per heavy atom. The predicted molar refractivity (Wildman–Crippen MR) is 123 cm³/mol. The first-order valence-electron chi connectivity index (χ1n) is 10.2. The van der Waals surface area contributed by atoms with Crippen molar-refractivity contribution in [3.05, 3.63) is 58.2 Å². The third kappa shape index (κ3) is 8.75. The van der Waals surface area contributed by atoms with Gasteiger partial charge in [-0.15, -0.1) is 0 Å². The molecule has 2 aromatic rings. The Balaban J connectivity index is 0.000000420. The maximum Gasteiger partial charge on any atom is 0.428 e. The second kappa shape index (κ2) is 17.4. The zero-order chi connectivity index (χ0) is 31.5. The normalized spacial score (nSPS) is 9.62. The molecule has 0 bridgehead atoms. The van der Waals surface area contributed by atoms with Crippen molar-refractivity contribution in [3.8, 4) is 12.5 Å². The Morgan fingerprint density at radius 2 is 1.00 bits per heavy atom. The number of ether oxygens (including phenoxy) is 2. The average molecular weight is 588 g/mol. The molecule has 2 rings (SSSR count). The smallest absolute Gasteiger partial charge is 0.405 e. The van der Waals surface area contributed by atoms with E-state index in [4.69, 9.17) is 14.9 Å². The van der Waals surface area contributed by atoms with Gasteiger partial charge >= 0.3 is 34.2 Å². The van der Waals surface area contributed by atoms with Crippen LogP contribution in [0.2, 0.25) is 0 Å². The number of isocyanates is 4. The van der Waals surface area contributed by atoms with Gasteiger partial charge in [0.1, 0.15) is 26.7 Å². The summed E-state index contributed by atoms with van der Waals surface area (Å²) in [6, 6.07) is 0. The summed E-state index contributed by atoms with van der Waals surface area (Å²) in [6.07, 6.45) is 7.14. The maximum atomic E-state index is 12.0. The van der Waals surface area contributed by atoms with Crippen LogP contribution in [0, 0.1) is 23.0 Å². The minimum Gasteiger partial charge on any atom is -0.405 e. The molecule has 0 atom stereocenters. The van der Waals surface area contributed by atoms with E-state index >= 15 is 0 Å². The Morgan fingerprint density at radius 3 is 1.45 bits per heavy atom. The van der Waals surface area contributed by atoms with Crippen LogP contribution < -0.4 is 34.2 Å². The van der Waals surface area contributed by atoms with Crippen LogP contribution in [0.5, 0.6) is 0 Å². The predicted octanol–water partition coefficient (Wildman–Crippen LogP) is -5.24. The second-order valence-electron chi connectivity index (χ2n) is 6.37. The molecular weight excluding hydrogens is 576 g/mol. The number of aliphatic imine (C=N–C) groups is 4. The minimum atomic E-state index is -1.16. The summed E-state index contributed by atoms with van der Waals surface area (Å²) < 4.78 is 15.6. The molecule has 0 saturated heterocycles. The summed E-state index contributed by atoms with van der Waals surface area (Å²) in [5.41, 5.74) is -4.95. The summed E-state index contributed by atoms with van der Waals surface area (Å²) in [5.74, 6) is -1.16. The van der Waals surface area contributed by atoms with Gasteiger partial charge in [-0.25, -0.2) is 66.4 Å². The van der Waals surface area contributed by atoms with Crippen LogP contribution in [-0.2, 0) is 62.1 Å². The van der Waals surface area contributed by atoms with Gasteiger partial charge in [-0.3, -0.25) is 0 Å². The third-order valence-corrected chi connectivity index (χ3v) is 4.16. The lowest BCUT2D eigenvalue weighted by atomic mass is 10.7. The van der Waals surface area contributed by atoms with E-state index in [1.165, 1.54) is 24.7 Å². The van der Waals surface area contributed by atoms with E-state index in [9.17, 15) is 43.2 Å². The fraction of sp³-hybridized carbons (Fsp3) is 0.333. The van der Waals surface area contributed by atoms with Gasteiger partial charge in [0, 0.05) is 0 Å². The zero-order valence-electron chi connectivity index (χ0n) is 20.5. The van der Waals surface area contributed by atoms with Crippen molar-refractivity contribution in [1.29, 1.82) is 10.5 Å². The molecule has 0 amide bonds. The van der Waals surface area contributed by atoms with Crippen LogP contribution in [0.25, 0.3) is 0 Å². The number of nitriles is 2. The first kappa shape index (κ1) is 32.9. The van der Waals surface area contributed by atoms with Crippen molar-refractivity contribution >= 4 is 24.3 Å². The van der Waals surface area contributed by atoms with Crippen LogP contribution in [0.4, 0.5) is 0 Å². The molecule has 0 spiro atoms. The van der Waals surface area contributed by atoms with Gasteiger partial charge in [-0.1, -0.05) is 0 Å². The second-order valence-corrected chi connectivity index (χ2v) is 6.37. The number of hydrogen-bond donors (Lipinski definition) is 0. The van der Waals surface area contributed by atoms with Crippen LogP contribution in [0.3, 0.4) is 0 Å². The molecule has 216 valence electrons. The van der Waals surface area contributed by atoms with E-state index in [1.807, 2.05) is 0 Å². The molecule has 0 aromatic carbocycles. The molecule has 0 unspecified atom stereocenters. The molecule has 0 aliphatic carbocycles. The summed E-state index contributed by atoms with van der Waals surface area (Å²) >= 11 is 0. The fourth-order valence-corrected chi connectivity index (χ4v) is 2.49. The summed E-state index contributed by atoms with van der Waals surface area (Å²) in [5, 5.41) is 16.5. The fourth-order valence-electron chi connectivity index (χ4n) is 2.49. The molecule has 0 radical (unpaired) electrons. The highest BCUT2D eigenvalue weighted by Gasteiger charge is 2.15. The van der Waals surface area contributed by atoms with Crippen LogP contribution in [-0.4, -0.2) is 53.8 Å². The first-order valence-corrected chi connectivity index (χ1v) is 10.2.